The number of benzene rings is 2. The van der Waals surface area contributed by atoms with Crippen molar-refractivity contribution in [1.29, 1.82) is 0 Å². The Bertz CT molecular complexity index is 764. The van der Waals surface area contributed by atoms with Gasteiger partial charge in [0, 0.05) is 5.56 Å². The molecule has 0 fully saturated rings. The van der Waals surface area contributed by atoms with E-state index in [9.17, 15) is 18.4 Å². The van der Waals surface area contributed by atoms with Gasteiger partial charge in [0.15, 0.2) is 6.04 Å². The number of hydrogen-bond acceptors (Lipinski definition) is 4. The average Bonchev–Trinajstić information content (AvgIpc) is 2.61. The van der Waals surface area contributed by atoms with Gasteiger partial charge in [-0.25, -0.2) is 13.6 Å². The highest BCUT2D eigenvalue weighted by Gasteiger charge is 2.28. The molecule has 1 unspecified atom stereocenters. The molecule has 1 N–H and O–H groups in total. The molecule has 0 bridgehead atoms. The average molecular weight is 335 g/mol. The van der Waals surface area contributed by atoms with Crippen molar-refractivity contribution in [3.05, 3.63) is 65.2 Å². The van der Waals surface area contributed by atoms with Gasteiger partial charge in [-0.2, -0.15) is 0 Å². The van der Waals surface area contributed by atoms with Crippen LogP contribution in [0.4, 0.5) is 8.78 Å². The lowest BCUT2D eigenvalue weighted by Gasteiger charge is -2.18. The Balaban J connectivity index is 2.38. The quantitative estimate of drug-likeness (QED) is 0.853. The number of amides is 1. The minimum Gasteiger partial charge on any atom is -0.496 e. The molecule has 0 aliphatic carbocycles. The van der Waals surface area contributed by atoms with E-state index in [2.05, 4.69) is 10.1 Å². The Morgan fingerprint density at radius 1 is 1.08 bits per heavy atom. The predicted octanol–water partition coefficient (Wildman–Crippen LogP) is 2.62. The fourth-order valence-electron chi connectivity index (χ4n) is 2.16. The van der Waals surface area contributed by atoms with E-state index >= 15 is 0 Å². The lowest BCUT2D eigenvalue weighted by atomic mass is 10.0. The molecule has 0 heterocycles. The second-order valence-electron chi connectivity index (χ2n) is 4.80. The highest BCUT2D eigenvalue weighted by Crippen LogP contribution is 2.22. The molecule has 7 heteroatoms. The number of ether oxygens (including phenoxy) is 2. The Morgan fingerprint density at radius 3 is 2.46 bits per heavy atom. The van der Waals surface area contributed by atoms with Gasteiger partial charge < -0.3 is 14.8 Å². The standard InChI is InChI=1S/C17H15F2NO4/c1-23-14-6-4-3-5-11(14)16(21)20-15(17(22)24-2)12-9-10(18)7-8-13(12)19/h3-9,15H,1-2H3,(H,20,21). The number of methoxy groups -OCH3 is 2. The molecule has 2 aromatic rings. The molecule has 2 aromatic carbocycles. The van der Waals surface area contributed by atoms with Gasteiger partial charge in [0.1, 0.15) is 17.4 Å². The topological polar surface area (TPSA) is 64.6 Å². The van der Waals surface area contributed by atoms with Crippen molar-refractivity contribution in [3.63, 3.8) is 0 Å². The van der Waals surface area contributed by atoms with E-state index in [1.54, 1.807) is 18.2 Å². The summed E-state index contributed by atoms with van der Waals surface area (Å²) in [6, 6.07) is 7.43. The summed E-state index contributed by atoms with van der Waals surface area (Å²) in [6.45, 7) is 0. The van der Waals surface area contributed by atoms with Crippen molar-refractivity contribution in [2.24, 2.45) is 0 Å². The Kier molecular flexibility index (Phi) is 5.47. The van der Waals surface area contributed by atoms with Crippen molar-refractivity contribution in [1.82, 2.24) is 5.32 Å². The van der Waals surface area contributed by atoms with Crippen LogP contribution >= 0.6 is 0 Å². The summed E-state index contributed by atoms with van der Waals surface area (Å²) in [5.74, 6) is -2.92. The number of carbonyl (C=O) groups excluding carboxylic acids is 2. The summed E-state index contributed by atoms with van der Waals surface area (Å²) in [6.07, 6.45) is 0. The van der Waals surface area contributed by atoms with Gasteiger partial charge in [-0.05, 0) is 30.3 Å². The summed E-state index contributed by atoms with van der Waals surface area (Å²) in [5.41, 5.74) is -0.184. The Labute approximate surface area is 137 Å². The molecule has 2 rings (SSSR count). The summed E-state index contributed by atoms with van der Waals surface area (Å²) in [5, 5.41) is 2.34. The third kappa shape index (κ3) is 3.68. The third-order valence-electron chi connectivity index (χ3n) is 3.33. The number of carbonyl (C=O) groups is 2. The first-order valence-corrected chi connectivity index (χ1v) is 6.94. The molecule has 24 heavy (non-hydrogen) atoms. The van der Waals surface area contributed by atoms with E-state index in [0.717, 1.165) is 25.3 Å². The fraction of sp³-hybridized carbons (Fsp3) is 0.176. The van der Waals surface area contributed by atoms with Crippen molar-refractivity contribution in [3.8, 4) is 5.75 Å². The summed E-state index contributed by atoms with van der Waals surface area (Å²) >= 11 is 0. The summed E-state index contributed by atoms with van der Waals surface area (Å²) < 4.78 is 37.0. The lowest BCUT2D eigenvalue weighted by Crippen LogP contribution is -2.35. The van der Waals surface area contributed by atoms with Crippen LogP contribution in [-0.2, 0) is 9.53 Å². The van der Waals surface area contributed by atoms with Crippen molar-refractivity contribution in [2.45, 2.75) is 6.04 Å². The lowest BCUT2D eigenvalue weighted by molar-refractivity contribution is -0.143. The Morgan fingerprint density at radius 2 is 1.79 bits per heavy atom. The van der Waals surface area contributed by atoms with E-state index in [-0.39, 0.29) is 16.9 Å². The molecule has 0 aliphatic rings. The van der Waals surface area contributed by atoms with Crippen LogP contribution in [0.3, 0.4) is 0 Å². The molecule has 0 spiro atoms. The Hall–Kier alpha value is -2.96. The maximum atomic E-state index is 14.0. The molecule has 0 saturated carbocycles. The van der Waals surface area contributed by atoms with Crippen molar-refractivity contribution < 1.29 is 27.8 Å². The van der Waals surface area contributed by atoms with E-state index in [1.807, 2.05) is 0 Å². The highest BCUT2D eigenvalue weighted by molar-refractivity contribution is 5.99. The van der Waals surface area contributed by atoms with Gasteiger partial charge in [-0.3, -0.25) is 4.79 Å². The largest absolute Gasteiger partial charge is 0.496 e. The molecular formula is C17H15F2NO4. The first-order chi connectivity index (χ1) is 11.5. The van der Waals surface area contributed by atoms with Gasteiger partial charge in [-0.1, -0.05) is 12.1 Å². The highest BCUT2D eigenvalue weighted by atomic mass is 19.1. The number of hydrogen-bond donors (Lipinski definition) is 1. The zero-order valence-corrected chi connectivity index (χ0v) is 13.0. The minimum absolute atomic E-state index is 0.144. The second kappa shape index (κ2) is 7.54. The first kappa shape index (κ1) is 17.4. The fourth-order valence-corrected chi connectivity index (χ4v) is 2.16. The van der Waals surface area contributed by atoms with Crippen LogP contribution in [0.5, 0.6) is 5.75 Å². The van der Waals surface area contributed by atoms with Gasteiger partial charge in [-0.15, -0.1) is 0 Å². The van der Waals surface area contributed by atoms with E-state index in [1.165, 1.54) is 13.2 Å². The van der Waals surface area contributed by atoms with E-state index < -0.39 is 29.6 Å². The molecule has 1 atom stereocenters. The van der Waals surface area contributed by atoms with Crippen molar-refractivity contribution >= 4 is 11.9 Å². The van der Waals surface area contributed by atoms with E-state index in [4.69, 9.17) is 4.74 Å². The summed E-state index contributed by atoms with van der Waals surface area (Å²) in [4.78, 5) is 24.3. The molecule has 0 radical (unpaired) electrons. The third-order valence-corrected chi connectivity index (χ3v) is 3.33. The maximum absolute atomic E-state index is 14.0. The molecule has 126 valence electrons. The van der Waals surface area contributed by atoms with Crippen LogP contribution in [0.15, 0.2) is 42.5 Å². The van der Waals surface area contributed by atoms with Crippen LogP contribution in [0, 0.1) is 11.6 Å². The normalized spacial score (nSPS) is 11.5. The molecule has 1 amide bonds. The van der Waals surface area contributed by atoms with Crippen LogP contribution in [0.2, 0.25) is 0 Å². The zero-order chi connectivity index (χ0) is 17.7. The molecular weight excluding hydrogens is 320 g/mol. The molecule has 0 aromatic heterocycles. The minimum atomic E-state index is -1.50. The monoisotopic (exact) mass is 335 g/mol. The second-order valence-corrected chi connectivity index (χ2v) is 4.80. The van der Waals surface area contributed by atoms with Gasteiger partial charge in [0.2, 0.25) is 0 Å². The molecule has 0 aliphatic heterocycles. The SMILES string of the molecule is COC(=O)C(NC(=O)c1ccccc1OC)c1cc(F)ccc1F. The zero-order valence-electron chi connectivity index (χ0n) is 13.0. The van der Waals surface area contributed by atoms with E-state index in [0.29, 0.717) is 0 Å². The van der Waals surface area contributed by atoms with Crippen LogP contribution in [0.1, 0.15) is 22.0 Å². The molecule has 0 saturated heterocycles. The van der Waals surface area contributed by atoms with Gasteiger partial charge in [0.05, 0.1) is 19.8 Å². The van der Waals surface area contributed by atoms with Crippen molar-refractivity contribution in [2.75, 3.05) is 14.2 Å². The number of rotatable bonds is 5. The van der Waals surface area contributed by atoms with Gasteiger partial charge in [0.25, 0.3) is 5.91 Å². The predicted molar refractivity (Wildman–Crippen MR) is 81.6 cm³/mol. The number of esters is 1. The van der Waals surface area contributed by atoms with Crippen LogP contribution < -0.4 is 10.1 Å². The molecule has 5 nitrogen and oxygen atoms in total. The van der Waals surface area contributed by atoms with Gasteiger partial charge >= 0.3 is 5.97 Å². The number of halogens is 2. The number of para-hydroxylation sites is 1. The number of nitrogens with one attached hydrogen (secondary N) is 1. The summed E-state index contributed by atoms with van der Waals surface area (Å²) in [7, 11) is 2.47. The maximum Gasteiger partial charge on any atom is 0.333 e. The van der Waals surface area contributed by atoms with Crippen LogP contribution in [-0.4, -0.2) is 26.1 Å². The smallest absolute Gasteiger partial charge is 0.333 e. The first-order valence-electron chi connectivity index (χ1n) is 6.94. The van der Waals surface area contributed by atoms with Crippen LogP contribution in [0.25, 0.3) is 0 Å².